The van der Waals surface area contributed by atoms with Gasteiger partial charge in [-0.05, 0) is 74.5 Å². The van der Waals surface area contributed by atoms with Gasteiger partial charge in [0.15, 0.2) is 0 Å². The van der Waals surface area contributed by atoms with E-state index in [9.17, 15) is 14.7 Å². The monoisotopic (exact) mass is 500 g/mol. The number of aromatic nitrogens is 3. The van der Waals surface area contributed by atoms with E-state index >= 15 is 0 Å². The lowest BCUT2D eigenvalue weighted by Gasteiger charge is -2.38. The average molecular weight is 501 g/mol. The van der Waals surface area contributed by atoms with E-state index < -0.39 is 5.97 Å². The predicted octanol–water partition coefficient (Wildman–Crippen LogP) is 6.48. The number of carboxylic acid groups (broad SMARTS) is 1. The number of halogens is 1. The van der Waals surface area contributed by atoms with Gasteiger partial charge < -0.3 is 15.0 Å². The molecule has 0 saturated heterocycles. The second-order valence-corrected chi connectivity index (χ2v) is 12.1. The number of anilines is 1. The second-order valence-electron chi connectivity index (χ2n) is 11.7. The summed E-state index contributed by atoms with van der Waals surface area (Å²) in [5.41, 5.74) is 1.89. The van der Waals surface area contributed by atoms with E-state index in [1.165, 1.54) is 6.42 Å². The van der Waals surface area contributed by atoms with Crippen molar-refractivity contribution in [1.29, 1.82) is 0 Å². The highest BCUT2D eigenvalue weighted by Crippen LogP contribution is 2.49. The lowest BCUT2D eigenvalue weighted by atomic mass is 9.68. The smallest absolute Gasteiger partial charge is 0.303 e. The fraction of sp³-hybridized carbons (Fsp3) is 0.630. The number of benzene rings is 1. The fourth-order valence-corrected chi connectivity index (χ4v) is 5.61. The number of carbonyl (C=O) groups excluding carboxylic acids is 1. The summed E-state index contributed by atoms with van der Waals surface area (Å²) in [7, 11) is 0. The summed E-state index contributed by atoms with van der Waals surface area (Å²) in [6.07, 6.45) is 6.05. The standard InChI is InChI=1S/C27H37ClN4O3/c1-16-5-9-22(21(28)11-16)29-23(33)14-18(6-10-24(34)35)25-30-31-26(32(25)20-7-8-20)19-12-17(13-19)15-27(2,3)4/h5,9,11,17-20H,6-8,10,12-15H2,1-4H3,(H,29,33)(H,34,35)/t17?,18-,19?/m0/s1. The first-order chi connectivity index (χ1) is 16.5. The molecule has 0 spiro atoms. The molecule has 2 aliphatic rings. The van der Waals surface area contributed by atoms with Gasteiger partial charge in [-0.3, -0.25) is 9.59 Å². The molecule has 8 heteroatoms. The summed E-state index contributed by atoms with van der Waals surface area (Å²) in [4.78, 5) is 24.4. The van der Waals surface area contributed by atoms with Crippen LogP contribution in [0.5, 0.6) is 0 Å². The molecule has 35 heavy (non-hydrogen) atoms. The molecule has 2 N–H and O–H groups in total. The molecule has 0 radical (unpaired) electrons. The third kappa shape index (κ3) is 6.63. The van der Waals surface area contributed by atoms with Crippen LogP contribution in [0.25, 0.3) is 0 Å². The second kappa shape index (κ2) is 10.3. The number of hydrogen-bond donors (Lipinski definition) is 2. The molecule has 0 unspecified atom stereocenters. The van der Waals surface area contributed by atoms with Crippen LogP contribution in [0, 0.1) is 18.3 Å². The molecule has 1 atom stereocenters. The number of nitrogens with one attached hydrogen (secondary N) is 1. The average Bonchev–Trinajstić information content (AvgIpc) is 3.47. The van der Waals surface area contributed by atoms with Crippen molar-refractivity contribution in [3.05, 3.63) is 40.4 Å². The Labute approximate surface area is 212 Å². The number of amides is 1. The minimum atomic E-state index is -0.876. The zero-order valence-corrected chi connectivity index (χ0v) is 21.9. The van der Waals surface area contributed by atoms with Gasteiger partial charge in [0.05, 0.1) is 10.7 Å². The summed E-state index contributed by atoms with van der Waals surface area (Å²) in [5.74, 6) is 1.49. The van der Waals surface area contributed by atoms with E-state index in [-0.39, 0.29) is 24.7 Å². The molecule has 0 bridgehead atoms. The van der Waals surface area contributed by atoms with Crippen molar-refractivity contribution in [2.45, 2.75) is 96.9 Å². The number of hydrogen-bond acceptors (Lipinski definition) is 4. The molecule has 0 aliphatic heterocycles. The number of rotatable bonds is 10. The molecular formula is C27H37ClN4O3. The van der Waals surface area contributed by atoms with Gasteiger partial charge in [-0.2, -0.15) is 0 Å². The van der Waals surface area contributed by atoms with Crippen LogP contribution in [0.2, 0.25) is 5.02 Å². The molecule has 1 heterocycles. The first-order valence-corrected chi connectivity index (χ1v) is 13.1. The quantitative estimate of drug-likeness (QED) is 0.389. The fourth-order valence-electron chi connectivity index (χ4n) is 5.33. The van der Waals surface area contributed by atoms with Crippen LogP contribution in [-0.2, 0) is 9.59 Å². The summed E-state index contributed by atoms with van der Waals surface area (Å²) in [5, 5.41) is 21.9. The molecule has 2 fully saturated rings. The van der Waals surface area contributed by atoms with Crippen LogP contribution in [-0.4, -0.2) is 31.7 Å². The molecule has 190 valence electrons. The topological polar surface area (TPSA) is 97.1 Å². The highest BCUT2D eigenvalue weighted by atomic mass is 35.5. The van der Waals surface area contributed by atoms with E-state index in [0.29, 0.717) is 40.4 Å². The van der Waals surface area contributed by atoms with Crippen LogP contribution >= 0.6 is 11.6 Å². The SMILES string of the molecule is Cc1ccc(NC(=O)C[C@H](CCC(=O)O)c2nnc(C3CC(CC(C)(C)C)C3)n2C2CC2)c(Cl)c1. The Balaban J connectivity index is 1.51. The van der Waals surface area contributed by atoms with Crippen molar-refractivity contribution in [1.82, 2.24) is 14.8 Å². The molecule has 7 nitrogen and oxygen atoms in total. The lowest BCUT2D eigenvalue weighted by molar-refractivity contribution is -0.137. The molecule has 1 aromatic carbocycles. The predicted molar refractivity (Wildman–Crippen MR) is 137 cm³/mol. The Morgan fingerprint density at radius 3 is 2.54 bits per heavy atom. The zero-order valence-electron chi connectivity index (χ0n) is 21.2. The van der Waals surface area contributed by atoms with Gasteiger partial charge in [-0.25, -0.2) is 0 Å². The zero-order chi connectivity index (χ0) is 25.3. The van der Waals surface area contributed by atoms with Crippen LogP contribution in [0.15, 0.2) is 18.2 Å². The summed E-state index contributed by atoms with van der Waals surface area (Å²) >= 11 is 6.30. The highest BCUT2D eigenvalue weighted by molar-refractivity contribution is 6.33. The van der Waals surface area contributed by atoms with Crippen LogP contribution in [0.4, 0.5) is 5.69 Å². The third-order valence-corrected chi connectivity index (χ3v) is 7.38. The van der Waals surface area contributed by atoms with E-state index in [1.807, 2.05) is 13.0 Å². The van der Waals surface area contributed by atoms with Crippen LogP contribution in [0.3, 0.4) is 0 Å². The number of aliphatic carboxylic acids is 1. The Morgan fingerprint density at radius 2 is 1.94 bits per heavy atom. The van der Waals surface area contributed by atoms with Crippen molar-refractivity contribution >= 4 is 29.2 Å². The van der Waals surface area contributed by atoms with E-state index in [2.05, 4.69) is 40.9 Å². The van der Waals surface area contributed by atoms with Crippen molar-refractivity contribution < 1.29 is 14.7 Å². The summed E-state index contributed by atoms with van der Waals surface area (Å²) in [6, 6.07) is 5.85. The van der Waals surface area contributed by atoms with Gasteiger partial charge in [-0.1, -0.05) is 38.4 Å². The molecular weight excluding hydrogens is 464 g/mol. The Morgan fingerprint density at radius 1 is 1.23 bits per heavy atom. The molecule has 2 saturated carbocycles. The Kier molecular flexibility index (Phi) is 7.55. The minimum absolute atomic E-state index is 0.0207. The number of nitrogens with zero attached hydrogens (tertiary/aromatic N) is 3. The summed E-state index contributed by atoms with van der Waals surface area (Å²) < 4.78 is 2.25. The third-order valence-electron chi connectivity index (χ3n) is 7.06. The molecule has 2 aliphatic carbocycles. The number of carbonyl (C=O) groups is 2. The normalized spacial score (nSPS) is 20.8. The molecule has 1 amide bonds. The first-order valence-electron chi connectivity index (χ1n) is 12.7. The number of carboxylic acids is 1. The maximum absolute atomic E-state index is 13.0. The summed E-state index contributed by atoms with van der Waals surface area (Å²) in [6.45, 7) is 8.79. The van der Waals surface area contributed by atoms with Gasteiger partial charge in [0.2, 0.25) is 5.91 Å². The van der Waals surface area contributed by atoms with Crippen LogP contribution < -0.4 is 5.32 Å². The largest absolute Gasteiger partial charge is 0.481 e. The van der Waals surface area contributed by atoms with Crippen molar-refractivity contribution in [2.75, 3.05) is 5.32 Å². The van der Waals surface area contributed by atoms with Crippen LogP contribution in [0.1, 0.15) is 107 Å². The van der Waals surface area contributed by atoms with Gasteiger partial charge in [-0.15, -0.1) is 10.2 Å². The molecule has 4 rings (SSSR count). The maximum atomic E-state index is 13.0. The van der Waals surface area contributed by atoms with Crippen molar-refractivity contribution in [2.24, 2.45) is 11.3 Å². The van der Waals surface area contributed by atoms with E-state index in [0.717, 1.165) is 42.9 Å². The Hall–Kier alpha value is -2.41. The minimum Gasteiger partial charge on any atom is -0.481 e. The Bertz CT molecular complexity index is 1080. The lowest BCUT2D eigenvalue weighted by Crippen LogP contribution is -2.28. The van der Waals surface area contributed by atoms with Gasteiger partial charge in [0.25, 0.3) is 0 Å². The number of aryl methyl sites for hydroxylation is 1. The first kappa shape index (κ1) is 25.7. The van der Waals surface area contributed by atoms with Gasteiger partial charge >= 0.3 is 5.97 Å². The molecule has 1 aromatic heterocycles. The van der Waals surface area contributed by atoms with E-state index in [1.54, 1.807) is 12.1 Å². The van der Waals surface area contributed by atoms with Crippen molar-refractivity contribution in [3.63, 3.8) is 0 Å². The van der Waals surface area contributed by atoms with Gasteiger partial charge in [0, 0.05) is 30.7 Å². The van der Waals surface area contributed by atoms with E-state index in [4.69, 9.17) is 11.6 Å². The van der Waals surface area contributed by atoms with Crippen molar-refractivity contribution in [3.8, 4) is 0 Å². The maximum Gasteiger partial charge on any atom is 0.303 e. The molecule has 2 aromatic rings. The van der Waals surface area contributed by atoms with Gasteiger partial charge in [0.1, 0.15) is 11.6 Å². The highest BCUT2D eigenvalue weighted by Gasteiger charge is 2.40.